The van der Waals surface area contributed by atoms with Crippen molar-refractivity contribution in [3.8, 4) is 5.75 Å². The van der Waals surface area contributed by atoms with Crippen LogP contribution >= 0.6 is 33.9 Å². The zero-order valence-electron chi connectivity index (χ0n) is 17.4. The third-order valence-electron chi connectivity index (χ3n) is 5.47. The van der Waals surface area contributed by atoms with Crippen LogP contribution in [0.2, 0.25) is 0 Å². The van der Waals surface area contributed by atoms with E-state index >= 15 is 0 Å². The first kappa shape index (κ1) is 21.6. The molecule has 5 rings (SSSR count). The molecule has 0 radical (unpaired) electrons. The lowest BCUT2D eigenvalue weighted by molar-refractivity contribution is -0.132. The highest BCUT2D eigenvalue weighted by molar-refractivity contribution is 14.1. The fraction of sp³-hybridized carbons (Fsp3) is 0.0800. The second kappa shape index (κ2) is 8.60. The van der Waals surface area contributed by atoms with E-state index in [4.69, 9.17) is 4.74 Å². The average molecular weight is 568 g/mol. The number of benzene rings is 3. The van der Waals surface area contributed by atoms with Crippen LogP contribution in [0.4, 0.5) is 5.13 Å². The predicted molar refractivity (Wildman–Crippen MR) is 137 cm³/mol. The molecule has 0 aliphatic carbocycles. The number of nitrogens with zero attached hydrogens (tertiary/aromatic N) is 2. The maximum atomic E-state index is 13.3. The van der Waals surface area contributed by atoms with Crippen LogP contribution in [-0.2, 0) is 9.59 Å². The first-order chi connectivity index (χ1) is 16.0. The number of thiazole rings is 1. The third kappa shape index (κ3) is 3.79. The molecule has 1 aliphatic rings. The van der Waals surface area contributed by atoms with E-state index in [-0.39, 0.29) is 11.3 Å². The van der Waals surface area contributed by atoms with Crippen LogP contribution in [0, 0.1) is 3.57 Å². The molecule has 8 heteroatoms. The molecule has 1 fully saturated rings. The number of Topliss-reactive ketones (excluding diaryl/α,β-unsaturated/α-hetero) is 1. The van der Waals surface area contributed by atoms with Crippen molar-refractivity contribution in [2.24, 2.45) is 0 Å². The van der Waals surface area contributed by atoms with Crippen molar-refractivity contribution in [1.29, 1.82) is 0 Å². The van der Waals surface area contributed by atoms with Crippen molar-refractivity contribution >= 4 is 66.7 Å². The fourth-order valence-corrected chi connectivity index (χ4v) is 5.24. The van der Waals surface area contributed by atoms with E-state index < -0.39 is 17.7 Å². The molecule has 1 aliphatic heterocycles. The number of halogens is 1. The topological polar surface area (TPSA) is 79.7 Å². The number of ketones is 1. The summed E-state index contributed by atoms with van der Waals surface area (Å²) >= 11 is 3.49. The van der Waals surface area contributed by atoms with Crippen LogP contribution in [0.15, 0.2) is 78.4 Å². The minimum Gasteiger partial charge on any atom is -0.507 e. The number of rotatable bonds is 4. The Kier molecular flexibility index (Phi) is 5.63. The molecule has 1 N–H and O–H groups in total. The Hall–Kier alpha value is -3.24. The van der Waals surface area contributed by atoms with Gasteiger partial charge >= 0.3 is 5.91 Å². The number of anilines is 1. The molecular weight excluding hydrogens is 551 g/mol. The number of hydrogen-bond acceptors (Lipinski definition) is 6. The van der Waals surface area contributed by atoms with Crippen molar-refractivity contribution in [2.45, 2.75) is 6.04 Å². The predicted octanol–water partition coefficient (Wildman–Crippen LogP) is 5.54. The summed E-state index contributed by atoms with van der Waals surface area (Å²) in [5.41, 5.74) is 1.93. The van der Waals surface area contributed by atoms with Gasteiger partial charge in [-0.2, -0.15) is 0 Å². The molecule has 1 saturated heterocycles. The molecular formula is C25H17IN2O4S. The van der Waals surface area contributed by atoms with Gasteiger partial charge in [-0.25, -0.2) is 4.98 Å². The van der Waals surface area contributed by atoms with Gasteiger partial charge in [0.15, 0.2) is 5.13 Å². The SMILES string of the molecule is COc1ccc2nc(N3C(=O)C(=O)C(=C(O)c4ccccc4)C3c3ccc(I)cc3)sc2c1. The zero-order valence-corrected chi connectivity index (χ0v) is 20.3. The van der Waals surface area contributed by atoms with Crippen molar-refractivity contribution in [3.05, 3.63) is 93.1 Å². The second-order valence-corrected chi connectivity index (χ2v) is 9.67. The van der Waals surface area contributed by atoms with E-state index in [1.807, 2.05) is 42.5 Å². The summed E-state index contributed by atoms with van der Waals surface area (Å²) in [4.78, 5) is 32.5. The van der Waals surface area contributed by atoms with Crippen LogP contribution in [0.5, 0.6) is 5.75 Å². The number of ether oxygens (including phenoxy) is 1. The number of aromatic nitrogens is 1. The zero-order chi connectivity index (χ0) is 23.1. The third-order valence-corrected chi connectivity index (χ3v) is 7.20. The second-order valence-electron chi connectivity index (χ2n) is 7.42. The lowest BCUT2D eigenvalue weighted by Crippen LogP contribution is -2.29. The Balaban J connectivity index is 1.72. The Labute approximate surface area is 207 Å². The molecule has 1 aromatic heterocycles. The van der Waals surface area contributed by atoms with Crippen LogP contribution in [0.1, 0.15) is 17.2 Å². The Morgan fingerprint density at radius 1 is 1.06 bits per heavy atom. The highest BCUT2D eigenvalue weighted by Crippen LogP contribution is 2.44. The Morgan fingerprint density at radius 3 is 2.48 bits per heavy atom. The smallest absolute Gasteiger partial charge is 0.301 e. The number of aliphatic hydroxyl groups is 1. The summed E-state index contributed by atoms with van der Waals surface area (Å²) in [6.07, 6.45) is 0. The minimum absolute atomic E-state index is 0.0456. The first-order valence-electron chi connectivity index (χ1n) is 10.0. The molecule has 0 spiro atoms. The van der Waals surface area contributed by atoms with Gasteiger partial charge < -0.3 is 9.84 Å². The fourth-order valence-electron chi connectivity index (χ4n) is 3.86. The molecule has 33 heavy (non-hydrogen) atoms. The van der Waals surface area contributed by atoms with E-state index in [0.717, 1.165) is 8.27 Å². The molecule has 3 aromatic carbocycles. The molecule has 1 amide bonds. The molecule has 164 valence electrons. The lowest BCUT2D eigenvalue weighted by atomic mass is 9.95. The quantitative estimate of drug-likeness (QED) is 0.152. The highest BCUT2D eigenvalue weighted by atomic mass is 127. The molecule has 0 bridgehead atoms. The van der Waals surface area contributed by atoms with Crippen molar-refractivity contribution < 1.29 is 19.4 Å². The maximum Gasteiger partial charge on any atom is 0.301 e. The Bertz CT molecular complexity index is 1410. The van der Waals surface area contributed by atoms with E-state index in [1.165, 1.54) is 16.2 Å². The molecule has 0 saturated carbocycles. The van der Waals surface area contributed by atoms with Gasteiger partial charge in [0.2, 0.25) is 0 Å². The van der Waals surface area contributed by atoms with Gasteiger partial charge in [0.25, 0.3) is 5.78 Å². The summed E-state index contributed by atoms with van der Waals surface area (Å²) in [5, 5.41) is 11.5. The van der Waals surface area contributed by atoms with Gasteiger partial charge in [0, 0.05) is 9.13 Å². The number of methoxy groups -OCH3 is 1. The average Bonchev–Trinajstić information content (AvgIpc) is 3.37. The number of aliphatic hydroxyl groups excluding tert-OH is 1. The molecule has 2 heterocycles. The monoisotopic (exact) mass is 568 g/mol. The maximum absolute atomic E-state index is 13.3. The summed E-state index contributed by atoms with van der Waals surface area (Å²) in [6, 6.07) is 21.0. The van der Waals surface area contributed by atoms with Gasteiger partial charge in [0.1, 0.15) is 11.5 Å². The van der Waals surface area contributed by atoms with E-state index in [9.17, 15) is 14.7 Å². The van der Waals surface area contributed by atoms with E-state index in [1.54, 1.807) is 37.4 Å². The van der Waals surface area contributed by atoms with Crippen LogP contribution in [0.25, 0.3) is 16.0 Å². The van der Waals surface area contributed by atoms with E-state index in [0.29, 0.717) is 27.5 Å². The number of carbonyl (C=O) groups excluding carboxylic acids is 2. The highest BCUT2D eigenvalue weighted by Gasteiger charge is 2.48. The molecule has 6 nitrogen and oxygen atoms in total. The van der Waals surface area contributed by atoms with Crippen molar-refractivity contribution in [2.75, 3.05) is 12.0 Å². The van der Waals surface area contributed by atoms with Crippen molar-refractivity contribution in [3.63, 3.8) is 0 Å². The number of carbonyl (C=O) groups is 2. The summed E-state index contributed by atoms with van der Waals surface area (Å²) in [5.74, 6) is -0.986. The number of hydrogen-bond donors (Lipinski definition) is 1. The summed E-state index contributed by atoms with van der Waals surface area (Å²) in [6.45, 7) is 0. The van der Waals surface area contributed by atoms with E-state index in [2.05, 4.69) is 27.6 Å². The number of amides is 1. The van der Waals surface area contributed by atoms with Gasteiger partial charge in [-0.1, -0.05) is 53.8 Å². The largest absolute Gasteiger partial charge is 0.507 e. The number of fused-ring (bicyclic) bond motifs is 1. The van der Waals surface area contributed by atoms with Gasteiger partial charge in [-0.3, -0.25) is 14.5 Å². The molecule has 1 atom stereocenters. The Morgan fingerprint density at radius 2 is 1.79 bits per heavy atom. The summed E-state index contributed by atoms with van der Waals surface area (Å²) in [7, 11) is 1.59. The normalized spacial score (nSPS) is 17.6. The van der Waals surface area contributed by atoms with Crippen LogP contribution < -0.4 is 9.64 Å². The standard InChI is InChI=1S/C25H17IN2O4S/c1-32-17-11-12-18-19(13-17)33-25(27-18)28-21(14-7-9-16(26)10-8-14)20(23(30)24(28)31)22(29)15-5-3-2-4-6-15/h2-13,21,29H,1H3. The summed E-state index contributed by atoms with van der Waals surface area (Å²) < 4.78 is 7.14. The van der Waals surface area contributed by atoms with Crippen LogP contribution in [-0.4, -0.2) is 28.9 Å². The van der Waals surface area contributed by atoms with Gasteiger partial charge in [-0.15, -0.1) is 0 Å². The lowest BCUT2D eigenvalue weighted by Gasteiger charge is -2.23. The van der Waals surface area contributed by atoms with Crippen LogP contribution in [0.3, 0.4) is 0 Å². The van der Waals surface area contributed by atoms with Crippen molar-refractivity contribution in [1.82, 2.24) is 4.98 Å². The molecule has 4 aromatic rings. The minimum atomic E-state index is -0.801. The van der Waals surface area contributed by atoms with Gasteiger partial charge in [-0.05, 0) is 58.5 Å². The molecule has 1 unspecified atom stereocenters. The van der Waals surface area contributed by atoms with Gasteiger partial charge in [0.05, 0.1) is 28.9 Å². The first-order valence-corrected chi connectivity index (χ1v) is 11.9.